The molecular weight excluding hydrogens is 446 g/mol. The summed E-state index contributed by atoms with van der Waals surface area (Å²) < 4.78 is 0.843. The first-order valence-corrected chi connectivity index (χ1v) is 12.6. The van der Waals surface area contributed by atoms with Gasteiger partial charge in [0.2, 0.25) is 5.13 Å². The number of allylic oxidation sites excluding steroid dienone is 3. The predicted octanol–water partition coefficient (Wildman–Crippen LogP) is 5.35. The molecule has 31 heavy (non-hydrogen) atoms. The van der Waals surface area contributed by atoms with Gasteiger partial charge in [-0.2, -0.15) is 5.26 Å². The molecule has 0 fully saturated rings. The van der Waals surface area contributed by atoms with Gasteiger partial charge in [-0.15, -0.1) is 21.5 Å². The number of thiophene rings is 1. The second-order valence-corrected chi connectivity index (χ2v) is 13.0. The number of nitrogens with two attached hydrogens (primary N) is 1. The molecule has 2 aliphatic rings. The molecule has 0 saturated heterocycles. The van der Waals surface area contributed by atoms with Gasteiger partial charge in [0, 0.05) is 32.7 Å². The molecule has 9 heteroatoms. The lowest BCUT2D eigenvalue weighted by molar-refractivity contribution is -0.118. The van der Waals surface area contributed by atoms with E-state index >= 15 is 0 Å². The summed E-state index contributed by atoms with van der Waals surface area (Å²) in [5.41, 5.74) is 8.36. The Labute approximate surface area is 194 Å². The number of nitriles is 1. The Morgan fingerprint density at radius 3 is 2.65 bits per heavy atom. The van der Waals surface area contributed by atoms with Crippen LogP contribution in [-0.4, -0.2) is 21.2 Å². The summed E-state index contributed by atoms with van der Waals surface area (Å²) in [4.78, 5) is 17.4. The van der Waals surface area contributed by atoms with Crippen LogP contribution in [0.5, 0.6) is 0 Å². The minimum atomic E-state index is -0.420. The zero-order chi connectivity index (χ0) is 22.5. The first kappa shape index (κ1) is 22.1. The monoisotopic (exact) mass is 471 g/mol. The molecule has 0 aromatic carbocycles. The zero-order valence-corrected chi connectivity index (χ0v) is 20.7. The number of hydrogen-bond donors (Lipinski definition) is 1. The number of rotatable bonds is 4. The number of carbonyl (C=O) groups excluding carboxylic acids is 1. The fraction of sp³-hybridized carbons (Fsp3) is 0.455. The van der Waals surface area contributed by atoms with Crippen molar-refractivity contribution in [1.29, 1.82) is 5.26 Å². The third kappa shape index (κ3) is 4.04. The minimum Gasteiger partial charge on any atom is -0.384 e. The van der Waals surface area contributed by atoms with Crippen molar-refractivity contribution in [2.24, 2.45) is 11.1 Å². The maximum Gasteiger partial charge on any atom is 0.219 e. The Morgan fingerprint density at radius 1 is 1.29 bits per heavy atom. The SMILES string of the molecule is Cc1ccc(C2C(C#N)=C(N)N(c3nnc(SC(C)C)s3)C3=C2C(=O)CC(C)(C)C3)s1. The smallest absolute Gasteiger partial charge is 0.219 e. The molecule has 0 saturated carbocycles. The molecule has 6 nitrogen and oxygen atoms in total. The van der Waals surface area contributed by atoms with Crippen LogP contribution in [0.15, 0.2) is 39.1 Å². The van der Waals surface area contributed by atoms with E-state index in [1.165, 1.54) is 11.3 Å². The molecular formula is C22H25N5OS3. The zero-order valence-electron chi connectivity index (χ0n) is 18.2. The van der Waals surface area contributed by atoms with Crippen LogP contribution in [0, 0.1) is 23.7 Å². The van der Waals surface area contributed by atoms with E-state index in [-0.39, 0.29) is 11.2 Å². The lowest BCUT2D eigenvalue weighted by atomic mass is 9.70. The number of ketones is 1. The van der Waals surface area contributed by atoms with Crippen molar-refractivity contribution in [3.05, 3.63) is 44.6 Å². The first-order chi connectivity index (χ1) is 14.6. The number of Topliss-reactive ketones (excluding diaryl/α,β-unsaturated/α-hetero) is 1. The molecule has 0 bridgehead atoms. The fourth-order valence-electron chi connectivity index (χ4n) is 4.16. The molecule has 2 N–H and O–H groups in total. The van der Waals surface area contributed by atoms with Gasteiger partial charge in [-0.1, -0.05) is 50.8 Å². The molecule has 3 heterocycles. The maximum atomic E-state index is 13.4. The highest BCUT2D eigenvalue weighted by Crippen LogP contribution is 2.51. The van der Waals surface area contributed by atoms with Crippen molar-refractivity contribution in [3.8, 4) is 6.07 Å². The molecule has 1 unspecified atom stereocenters. The van der Waals surface area contributed by atoms with Gasteiger partial charge in [-0.25, -0.2) is 0 Å². The molecule has 1 aliphatic carbocycles. The van der Waals surface area contributed by atoms with Crippen molar-refractivity contribution < 1.29 is 4.79 Å². The van der Waals surface area contributed by atoms with Crippen molar-refractivity contribution in [3.63, 3.8) is 0 Å². The lowest BCUT2D eigenvalue weighted by Crippen LogP contribution is -2.42. The summed E-state index contributed by atoms with van der Waals surface area (Å²) in [6, 6.07) is 6.34. The van der Waals surface area contributed by atoms with Gasteiger partial charge < -0.3 is 5.73 Å². The highest BCUT2D eigenvalue weighted by molar-refractivity contribution is 8.01. The fourth-order valence-corrected chi connectivity index (χ4v) is 7.26. The maximum absolute atomic E-state index is 13.4. The van der Waals surface area contributed by atoms with Gasteiger partial charge in [0.05, 0.1) is 17.6 Å². The van der Waals surface area contributed by atoms with Crippen LogP contribution in [0.25, 0.3) is 0 Å². The largest absolute Gasteiger partial charge is 0.384 e. The standard InChI is InChI=1S/C22H25N5OS3/c1-11(2)29-21-26-25-20(31-21)27-14-8-22(4,5)9-15(28)18(14)17(13(10-23)19(27)24)16-7-6-12(3)30-16/h6-7,11,17H,8-9,24H2,1-5H3. The summed E-state index contributed by atoms with van der Waals surface area (Å²) in [6.07, 6.45) is 1.13. The lowest BCUT2D eigenvalue weighted by Gasteiger charge is -2.42. The van der Waals surface area contributed by atoms with Crippen LogP contribution in [0.3, 0.4) is 0 Å². The Kier molecular flexibility index (Phi) is 5.75. The summed E-state index contributed by atoms with van der Waals surface area (Å²) in [5, 5.41) is 19.8. The summed E-state index contributed by atoms with van der Waals surface area (Å²) in [7, 11) is 0. The van der Waals surface area contributed by atoms with Crippen LogP contribution < -0.4 is 10.6 Å². The highest BCUT2D eigenvalue weighted by Gasteiger charge is 2.45. The van der Waals surface area contributed by atoms with E-state index in [2.05, 4.69) is 44.0 Å². The van der Waals surface area contributed by atoms with Crippen LogP contribution in [-0.2, 0) is 4.79 Å². The highest BCUT2D eigenvalue weighted by atomic mass is 32.2. The van der Waals surface area contributed by atoms with Crippen LogP contribution >= 0.6 is 34.4 Å². The number of nitrogens with zero attached hydrogens (tertiary/aromatic N) is 4. The van der Waals surface area contributed by atoms with Gasteiger partial charge >= 0.3 is 0 Å². The number of anilines is 1. The summed E-state index contributed by atoms with van der Waals surface area (Å²) in [5.74, 6) is 0.00452. The summed E-state index contributed by atoms with van der Waals surface area (Å²) >= 11 is 4.69. The molecule has 0 spiro atoms. The van der Waals surface area contributed by atoms with Crippen molar-refractivity contribution in [2.45, 2.75) is 63.0 Å². The molecule has 0 amide bonds. The number of aromatic nitrogens is 2. The molecule has 2 aromatic rings. The van der Waals surface area contributed by atoms with E-state index in [9.17, 15) is 10.1 Å². The van der Waals surface area contributed by atoms with Crippen LogP contribution in [0.1, 0.15) is 56.2 Å². The van der Waals surface area contributed by atoms with Crippen molar-refractivity contribution >= 4 is 45.4 Å². The first-order valence-electron chi connectivity index (χ1n) is 10.1. The average Bonchev–Trinajstić information content (AvgIpc) is 3.28. The van der Waals surface area contributed by atoms with E-state index in [1.54, 1.807) is 23.1 Å². The molecule has 4 rings (SSSR count). The van der Waals surface area contributed by atoms with Gasteiger partial charge in [0.15, 0.2) is 10.1 Å². The normalized spacial score (nSPS) is 21.0. The second kappa shape index (κ2) is 8.08. The molecule has 2 aromatic heterocycles. The Morgan fingerprint density at radius 2 is 2.03 bits per heavy atom. The van der Waals surface area contributed by atoms with Gasteiger partial charge in [0.1, 0.15) is 5.82 Å². The predicted molar refractivity (Wildman–Crippen MR) is 127 cm³/mol. The van der Waals surface area contributed by atoms with E-state index in [0.29, 0.717) is 40.2 Å². The van der Waals surface area contributed by atoms with Gasteiger partial charge in [-0.05, 0) is 30.9 Å². The summed E-state index contributed by atoms with van der Waals surface area (Å²) in [6.45, 7) is 10.4. The number of hydrogen-bond acceptors (Lipinski definition) is 9. The number of thioether (sulfide) groups is 1. The minimum absolute atomic E-state index is 0.0776. The van der Waals surface area contributed by atoms with Crippen LogP contribution in [0.4, 0.5) is 5.13 Å². The van der Waals surface area contributed by atoms with Crippen molar-refractivity contribution in [1.82, 2.24) is 10.2 Å². The quantitative estimate of drug-likeness (QED) is 0.600. The topological polar surface area (TPSA) is 95.9 Å². The molecule has 1 atom stereocenters. The molecule has 0 radical (unpaired) electrons. The molecule has 162 valence electrons. The van der Waals surface area contributed by atoms with E-state index in [1.807, 2.05) is 24.0 Å². The Bertz CT molecular complexity index is 1150. The van der Waals surface area contributed by atoms with Gasteiger partial charge in [-0.3, -0.25) is 9.69 Å². The third-order valence-corrected chi connectivity index (χ3v) is 8.41. The van der Waals surface area contributed by atoms with E-state index < -0.39 is 5.92 Å². The van der Waals surface area contributed by atoms with Crippen molar-refractivity contribution in [2.75, 3.05) is 4.90 Å². The van der Waals surface area contributed by atoms with Crippen LogP contribution in [0.2, 0.25) is 0 Å². The van der Waals surface area contributed by atoms with E-state index in [0.717, 1.165) is 19.8 Å². The van der Waals surface area contributed by atoms with Gasteiger partial charge in [0.25, 0.3) is 0 Å². The number of aryl methyl sites for hydroxylation is 1. The number of carbonyl (C=O) groups is 1. The second-order valence-electron chi connectivity index (χ2n) is 8.95. The Hall–Kier alpha value is -2.15. The third-order valence-electron chi connectivity index (χ3n) is 5.35. The molecule has 1 aliphatic heterocycles. The Balaban J connectivity index is 1.92. The van der Waals surface area contributed by atoms with E-state index in [4.69, 9.17) is 5.73 Å². The average molecular weight is 472 g/mol.